The van der Waals surface area contributed by atoms with Crippen molar-refractivity contribution < 1.29 is 35.9 Å². The molecule has 30 heavy (non-hydrogen) atoms. The summed E-state index contributed by atoms with van der Waals surface area (Å²) in [6.45, 7) is -1.00. The summed E-state index contributed by atoms with van der Waals surface area (Å²) in [6.07, 6.45) is -2.93. The first-order valence-electron chi connectivity index (χ1n) is 9.88. The summed E-state index contributed by atoms with van der Waals surface area (Å²) in [5.74, 6) is -4.37. The van der Waals surface area contributed by atoms with Crippen LogP contribution in [-0.4, -0.2) is 43.3 Å². The molecule has 11 heteroatoms. The van der Waals surface area contributed by atoms with Gasteiger partial charge in [-0.25, -0.2) is 22.5 Å². The molecule has 2 aromatic rings. The standard InChI is InChI=1S/C19H16ClF4N3O3/c1-29-10-5-12(20)17(26-6-10)14(28)4-9-2-11(16(22)13(21)3-9)19(18(23)24)8-30-7-15(25)27-19/h2-3,5-6,18H,4,7-8H2,1H3,(H2,25,27)/t19-/m0/s1/i1D3. The van der Waals surface area contributed by atoms with Crippen molar-refractivity contribution in [1.82, 2.24) is 4.98 Å². The molecule has 6 nitrogen and oxygen atoms in total. The van der Waals surface area contributed by atoms with Crippen LogP contribution in [0.15, 0.2) is 29.4 Å². The van der Waals surface area contributed by atoms with Crippen LogP contribution in [0.5, 0.6) is 5.75 Å². The topological polar surface area (TPSA) is 86.8 Å². The van der Waals surface area contributed by atoms with Crippen LogP contribution in [0, 0.1) is 11.6 Å². The first kappa shape index (κ1) is 18.1. The summed E-state index contributed by atoms with van der Waals surface area (Å²) in [5.41, 5.74) is 1.61. The lowest BCUT2D eigenvalue weighted by molar-refractivity contribution is -0.0149. The van der Waals surface area contributed by atoms with Crippen molar-refractivity contribution in [3.63, 3.8) is 0 Å². The van der Waals surface area contributed by atoms with E-state index in [4.69, 9.17) is 26.2 Å². The predicted molar refractivity (Wildman–Crippen MR) is 100 cm³/mol. The maximum Gasteiger partial charge on any atom is 0.269 e. The Hall–Kier alpha value is -2.72. The Morgan fingerprint density at radius 1 is 1.43 bits per heavy atom. The quantitative estimate of drug-likeness (QED) is 0.541. The van der Waals surface area contributed by atoms with Crippen molar-refractivity contribution in [3.8, 4) is 5.75 Å². The number of amidine groups is 1. The largest absolute Gasteiger partial charge is 0.495 e. The highest BCUT2D eigenvalue weighted by Crippen LogP contribution is 2.38. The van der Waals surface area contributed by atoms with Gasteiger partial charge < -0.3 is 15.2 Å². The van der Waals surface area contributed by atoms with Gasteiger partial charge in [-0.1, -0.05) is 11.6 Å². The van der Waals surface area contributed by atoms with Gasteiger partial charge in [-0.15, -0.1) is 0 Å². The van der Waals surface area contributed by atoms with E-state index >= 15 is 0 Å². The lowest BCUT2D eigenvalue weighted by Crippen LogP contribution is -2.45. The summed E-state index contributed by atoms with van der Waals surface area (Å²) in [7, 11) is -2.77. The number of carbonyl (C=O) groups is 1. The maximum atomic E-state index is 14.6. The number of hydrogen-bond donors (Lipinski definition) is 1. The molecule has 0 radical (unpaired) electrons. The van der Waals surface area contributed by atoms with Gasteiger partial charge in [-0.2, -0.15) is 0 Å². The summed E-state index contributed by atoms with van der Waals surface area (Å²) in [6, 6.07) is 2.61. The van der Waals surface area contributed by atoms with Gasteiger partial charge in [-0.3, -0.25) is 9.79 Å². The number of carbonyl (C=O) groups excluding carboxylic acids is 1. The summed E-state index contributed by atoms with van der Waals surface area (Å²) < 4.78 is 87.5. The van der Waals surface area contributed by atoms with E-state index < -0.39 is 55.0 Å². The zero-order valence-corrected chi connectivity index (χ0v) is 15.9. The molecule has 1 aliphatic rings. The number of Topliss-reactive ketones (excluding diaryl/α,β-unsaturated/α-hetero) is 1. The van der Waals surface area contributed by atoms with Gasteiger partial charge in [-0.05, 0) is 17.7 Å². The molecule has 1 atom stereocenters. The molecule has 0 unspecified atom stereocenters. The first-order valence-corrected chi connectivity index (χ1v) is 8.76. The highest BCUT2D eigenvalue weighted by molar-refractivity contribution is 6.33. The number of alkyl halides is 2. The summed E-state index contributed by atoms with van der Waals surface area (Å²) >= 11 is 5.98. The Morgan fingerprint density at radius 3 is 2.83 bits per heavy atom. The van der Waals surface area contributed by atoms with Gasteiger partial charge in [0, 0.05) is 18.1 Å². The Balaban J connectivity index is 1.95. The summed E-state index contributed by atoms with van der Waals surface area (Å²) in [4.78, 5) is 20.1. The van der Waals surface area contributed by atoms with Gasteiger partial charge in [0.1, 0.15) is 23.9 Å². The normalized spacial score (nSPS) is 20.9. The van der Waals surface area contributed by atoms with Crippen molar-refractivity contribution in [2.24, 2.45) is 10.7 Å². The third-order valence-electron chi connectivity index (χ3n) is 4.39. The van der Waals surface area contributed by atoms with Gasteiger partial charge in [0.25, 0.3) is 6.43 Å². The number of hydrogen-bond acceptors (Lipinski definition) is 6. The monoisotopic (exact) mass is 448 g/mol. The van der Waals surface area contributed by atoms with Crippen LogP contribution in [0.2, 0.25) is 5.02 Å². The van der Waals surface area contributed by atoms with E-state index in [-0.39, 0.29) is 34.5 Å². The number of benzene rings is 1. The highest BCUT2D eigenvalue weighted by Gasteiger charge is 2.47. The fraction of sp³-hybridized carbons (Fsp3) is 0.316. The average Bonchev–Trinajstić information content (AvgIpc) is 2.69. The molecule has 1 aromatic heterocycles. The third kappa shape index (κ3) is 4.10. The van der Waals surface area contributed by atoms with Gasteiger partial charge in [0.05, 0.1) is 29.0 Å². The number of nitrogens with zero attached hydrogens (tertiary/aromatic N) is 2. The zero-order valence-electron chi connectivity index (χ0n) is 18.1. The van der Waals surface area contributed by atoms with Crippen LogP contribution in [0.1, 0.15) is 25.7 Å². The number of ether oxygens (including phenoxy) is 2. The number of rotatable bonds is 6. The number of aliphatic imine (C=N–C) groups is 1. The number of nitrogens with two attached hydrogens (primary N) is 1. The second-order valence-corrected chi connectivity index (χ2v) is 6.87. The average molecular weight is 449 g/mol. The summed E-state index contributed by atoms with van der Waals surface area (Å²) in [5, 5.41) is -0.258. The molecule has 0 fully saturated rings. The Labute approximate surface area is 177 Å². The molecule has 0 bridgehead atoms. The van der Waals surface area contributed by atoms with Gasteiger partial charge in [0.15, 0.2) is 23.0 Å². The van der Waals surface area contributed by atoms with E-state index in [0.29, 0.717) is 6.07 Å². The number of ketones is 1. The molecule has 1 aromatic carbocycles. The lowest BCUT2D eigenvalue weighted by atomic mass is 9.88. The highest BCUT2D eigenvalue weighted by atomic mass is 35.5. The van der Waals surface area contributed by atoms with Crippen LogP contribution in [-0.2, 0) is 16.7 Å². The molecule has 2 N–H and O–H groups in total. The van der Waals surface area contributed by atoms with Crippen molar-refractivity contribution in [3.05, 3.63) is 57.9 Å². The van der Waals surface area contributed by atoms with Crippen LogP contribution < -0.4 is 10.5 Å². The van der Waals surface area contributed by atoms with Crippen molar-refractivity contribution in [2.75, 3.05) is 20.3 Å². The van der Waals surface area contributed by atoms with Gasteiger partial charge in [0.2, 0.25) is 0 Å². The fourth-order valence-corrected chi connectivity index (χ4v) is 3.27. The molecule has 2 heterocycles. The molecule has 0 aliphatic carbocycles. The molecule has 0 amide bonds. The third-order valence-corrected chi connectivity index (χ3v) is 4.68. The van der Waals surface area contributed by atoms with Crippen LogP contribution in [0.25, 0.3) is 0 Å². The molecular weight excluding hydrogens is 430 g/mol. The minimum Gasteiger partial charge on any atom is -0.495 e. The fourth-order valence-electron chi connectivity index (χ4n) is 3.01. The minimum atomic E-state index is -3.29. The molecular formula is C19H16ClF4N3O3. The maximum absolute atomic E-state index is 14.6. The first-order chi connectivity index (χ1) is 15.3. The van der Waals surface area contributed by atoms with Crippen molar-refractivity contribution >= 4 is 23.2 Å². The second kappa shape index (κ2) is 8.57. The van der Waals surface area contributed by atoms with E-state index in [2.05, 4.69) is 14.7 Å². The molecule has 0 spiro atoms. The SMILES string of the molecule is [2H]C([2H])([2H])Oc1cnc(C(=O)Cc2cc(F)c(F)c([C@]3(C(F)F)COCC(N)=N3)c2)c(Cl)c1. The van der Waals surface area contributed by atoms with E-state index in [9.17, 15) is 22.4 Å². The van der Waals surface area contributed by atoms with Gasteiger partial charge >= 0.3 is 0 Å². The van der Waals surface area contributed by atoms with E-state index in [1.807, 2.05) is 0 Å². The number of aromatic nitrogens is 1. The molecule has 160 valence electrons. The molecule has 0 saturated carbocycles. The second-order valence-electron chi connectivity index (χ2n) is 6.46. The number of pyridine rings is 1. The van der Waals surface area contributed by atoms with Crippen LogP contribution in [0.4, 0.5) is 17.6 Å². The molecule has 3 rings (SSSR count). The molecule has 0 saturated heterocycles. The minimum absolute atomic E-state index is 0.158. The number of halogens is 5. The van der Waals surface area contributed by atoms with Crippen LogP contribution in [0.3, 0.4) is 0 Å². The predicted octanol–water partition coefficient (Wildman–Crippen LogP) is 3.30. The van der Waals surface area contributed by atoms with Crippen molar-refractivity contribution in [2.45, 2.75) is 18.4 Å². The smallest absolute Gasteiger partial charge is 0.269 e. The van der Waals surface area contributed by atoms with E-state index in [0.717, 1.165) is 18.3 Å². The Kier molecular flexibility index (Phi) is 5.16. The Morgan fingerprint density at radius 2 is 2.20 bits per heavy atom. The van der Waals surface area contributed by atoms with E-state index in [1.54, 1.807) is 0 Å². The van der Waals surface area contributed by atoms with Crippen molar-refractivity contribution in [1.29, 1.82) is 0 Å². The lowest BCUT2D eigenvalue weighted by Gasteiger charge is -2.33. The Bertz CT molecular complexity index is 1120. The zero-order chi connectivity index (χ0) is 24.6. The van der Waals surface area contributed by atoms with Crippen LogP contribution >= 0.6 is 11.6 Å². The van der Waals surface area contributed by atoms with E-state index in [1.165, 1.54) is 0 Å². The number of methoxy groups -OCH3 is 1. The molecule has 1 aliphatic heterocycles.